The van der Waals surface area contributed by atoms with E-state index in [0.717, 1.165) is 10.6 Å². The molecule has 2 aromatic heterocycles. The fourth-order valence-corrected chi connectivity index (χ4v) is 5.41. The Morgan fingerprint density at radius 3 is 2.80 bits per heavy atom. The summed E-state index contributed by atoms with van der Waals surface area (Å²) < 4.78 is 27.9. The molecule has 0 aliphatic rings. The highest BCUT2D eigenvalue weighted by molar-refractivity contribution is 9.11. The number of thiophene rings is 1. The molecule has 0 saturated carbocycles. The highest BCUT2D eigenvalue weighted by Crippen LogP contribution is 2.32. The first-order valence-electron chi connectivity index (χ1n) is 5.80. The molecular weight excluding hydrogens is 362 g/mol. The van der Waals surface area contributed by atoms with Crippen molar-refractivity contribution in [3.63, 3.8) is 0 Å². The Bertz CT molecular complexity index is 713. The zero-order valence-corrected chi connectivity index (χ0v) is 14.2. The Kier molecular flexibility index (Phi) is 4.79. The van der Waals surface area contributed by atoms with Gasteiger partial charge in [0.15, 0.2) is 0 Å². The molecule has 2 heterocycles. The summed E-state index contributed by atoms with van der Waals surface area (Å²) in [6.45, 7) is 2.44. The molecule has 0 aliphatic carbocycles. The highest BCUT2D eigenvalue weighted by Gasteiger charge is 2.21. The van der Waals surface area contributed by atoms with Crippen molar-refractivity contribution in [1.29, 1.82) is 0 Å². The second kappa shape index (κ2) is 6.21. The number of anilines is 1. The molecule has 2 aromatic rings. The van der Waals surface area contributed by atoms with E-state index in [9.17, 15) is 8.42 Å². The number of sulfonamides is 1. The standard InChI is InChI=1S/C12H14BrN3O2S2/c1-8-5-9(3-4-15-8)16-20(17,18)11-6-10(7-14-2)19-12(11)13/h3-6,14H,7H2,1-2H3,(H,15,16). The van der Waals surface area contributed by atoms with Crippen molar-refractivity contribution in [1.82, 2.24) is 10.3 Å². The van der Waals surface area contributed by atoms with E-state index in [1.54, 1.807) is 24.4 Å². The first-order valence-corrected chi connectivity index (χ1v) is 8.90. The summed E-state index contributed by atoms with van der Waals surface area (Å²) in [5, 5.41) is 3.00. The van der Waals surface area contributed by atoms with Gasteiger partial charge in [-0.15, -0.1) is 11.3 Å². The normalized spacial score (nSPS) is 11.6. The van der Waals surface area contributed by atoms with E-state index in [-0.39, 0.29) is 4.90 Å². The minimum Gasteiger partial charge on any atom is -0.315 e. The van der Waals surface area contributed by atoms with Crippen molar-refractivity contribution in [2.24, 2.45) is 0 Å². The molecule has 0 amide bonds. The van der Waals surface area contributed by atoms with Crippen LogP contribution < -0.4 is 10.0 Å². The quantitative estimate of drug-likeness (QED) is 0.842. The summed E-state index contributed by atoms with van der Waals surface area (Å²) >= 11 is 4.71. The summed E-state index contributed by atoms with van der Waals surface area (Å²) in [4.78, 5) is 5.24. The third-order valence-corrected chi connectivity index (χ3v) is 6.13. The fraction of sp³-hybridized carbons (Fsp3) is 0.250. The van der Waals surface area contributed by atoms with Crippen molar-refractivity contribution in [2.75, 3.05) is 11.8 Å². The fourth-order valence-electron chi connectivity index (χ4n) is 1.66. The topological polar surface area (TPSA) is 71.1 Å². The van der Waals surface area contributed by atoms with Gasteiger partial charge in [-0.05, 0) is 48.1 Å². The van der Waals surface area contributed by atoms with Crippen LogP contribution in [0.15, 0.2) is 33.1 Å². The zero-order valence-electron chi connectivity index (χ0n) is 11.0. The maximum Gasteiger partial charge on any atom is 0.263 e. The SMILES string of the molecule is CNCc1cc(S(=O)(=O)Nc2ccnc(C)c2)c(Br)s1. The van der Waals surface area contributed by atoms with Gasteiger partial charge in [-0.2, -0.15) is 0 Å². The van der Waals surface area contributed by atoms with E-state index in [1.807, 2.05) is 14.0 Å². The highest BCUT2D eigenvalue weighted by atomic mass is 79.9. The lowest BCUT2D eigenvalue weighted by molar-refractivity contribution is 0.601. The largest absolute Gasteiger partial charge is 0.315 e. The first-order chi connectivity index (χ1) is 9.42. The van der Waals surface area contributed by atoms with Crippen molar-refractivity contribution in [3.8, 4) is 0 Å². The van der Waals surface area contributed by atoms with E-state index in [0.29, 0.717) is 16.0 Å². The van der Waals surface area contributed by atoms with Crippen LogP contribution in [0.25, 0.3) is 0 Å². The molecule has 0 atom stereocenters. The third-order valence-electron chi connectivity index (χ3n) is 2.50. The van der Waals surface area contributed by atoms with Crippen LogP contribution in [0.3, 0.4) is 0 Å². The Morgan fingerprint density at radius 1 is 1.40 bits per heavy atom. The van der Waals surface area contributed by atoms with Crippen LogP contribution in [-0.2, 0) is 16.6 Å². The maximum absolute atomic E-state index is 12.4. The Hall–Kier alpha value is -0.960. The lowest BCUT2D eigenvalue weighted by Gasteiger charge is -2.07. The van der Waals surface area contributed by atoms with Gasteiger partial charge in [0, 0.05) is 23.3 Å². The Balaban J connectivity index is 2.30. The second-order valence-corrected chi connectivity index (χ2v) is 8.28. The summed E-state index contributed by atoms with van der Waals surface area (Å²) in [5.41, 5.74) is 1.26. The summed E-state index contributed by atoms with van der Waals surface area (Å²) in [6.07, 6.45) is 1.57. The van der Waals surface area contributed by atoms with Crippen LogP contribution in [0.2, 0.25) is 0 Å². The maximum atomic E-state index is 12.4. The molecule has 0 aromatic carbocycles. The van der Waals surface area contributed by atoms with Gasteiger partial charge in [0.1, 0.15) is 4.90 Å². The molecule has 2 rings (SSSR count). The number of nitrogens with zero attached hydrogens (tertiary/aromatic N) is 1. The Morgan fingerprint density at radius 2 is 2.15 bits per heavy atom. The summed E-state index contributed by atoms with van der Waals surface area (Å²) in [5.74, 6) is 0. The van der Waals surface area contributed by atoms with Crippen molar-refractivity contribution >= 4 is 43.0 Å². The molecule has 0 fully saturated rings. The number of aromatic nitrogens is 1. The molecule has 0 unspecified atom stereocenters. The average molecular weight is 376 g/mol. The van der Waals surface area contributed by atoms with Gasteiger partial charge >= 0.3 is 0 Å². The van der Waals surface area contributed by atoms with Crippen molar-refractivity contribution in [3.05, 3.63) is 38.8 Å². The predicted octanol–water partition coefficient (Wildman–Crippen LogP) is 2.73. The number of aryl methyl sites for hydroxylation is 1. The molecule has 5 nitrogen and oxygen atoms in total. The smallest absolute Gasteiger partial charge is 0.263 e. The predicted molar refractivity (Wildman–Crippen MR) is 84.6 cm³/mol. The van der Waals surface area contributed by atoms with Crippen LogP contribution in [0, 0.1) is 6.92 Å². The average Bonchev–Trinajstić information content (AvgIpc) is 2.71. The van der Waals surface area contributed by atoms with Gasteiger partial charge in [-0.25, -0.2) is 8.42 Å². The molecule has 20 heavy (non-hydrogen) atoms. The zero-order chi connectivity index (χ0) is 14.8. The number of hydrogen-bond donors (Lipinski definition) is 2. The van der Waals surface area contributed by atoms with E-state index in [4.69, 9.17) is 0 Å². The van der Waals surface area contributed by atoms with Crippen LogP contribution in [0.1, 0.15) is 10.6 Å². The lowest BCUT2D eigenvalue weighted by Crippen LogP contribution is -2.13. The van der Waals surface area contributed by atoms with E-state index >= 15 is 0 Å². The van der Waals surface area contributed by atoms with Crippen molar-refractivity contribution in [2.45, 2.75) is 18.4 Å². The molecule has 8 heteroatoms. The summed E-state index contributed by atoms with van der Waals surface area (Å²) in [7, 11) is -1.78. The molecular formula is C12H14BrN3O2S2. The van der Waals surface area contributed by atoms with E-state index < -0.39 is 10.0 Å². The van der Waals surface area contributed by atoms with Gasteiger partial charge in [-0.1, -0.05) is 0 Å². The minimum atomic E-state index is -3.60. The second-order valence-electron chi connectivity index (χ2n) is 4.17. The van der Waals surface area contributed by atoms with Crippen molar-refractivity contribution < 1.29 is 8.42 Å². The molecule has 2 N–H and O–H groups in total. The number of hydrogen-bond acceptors (Lipinski definition) is 5. The molecule has 0 saturated heterocycles. The molecule has 0 bridgehead atoms. The monoisotopic (exact) mass is 375 g/mol. The van der Waals surface area contributed by atoms with E-state index in [2.05, 4.69) is 31.0 Å². The number of pyridine rings is 1. The molecule has 0 spiro atoms. The van der Waals surface area contributed by atoms with Crippen LogP contribution in [0.4, 0.5) is 5.69 Å². The van der Waals surface area contributed by atoms with Crippen LogP contribution >= 0.6 is 27.3 Å². The van der Waals surface area contributed by atoms with Gasteiger partial charge in [0.05, 0.1) is 9.47 Å². The third kappa shape index (κ3) is 3.57. The molecule has 108 valence electrons. The first kappa shape index (κ1) is 15.4. The minimum absolute atomic E-state index is 0.252. The van der Waals surface area contributed by atoms with E-state index in [1.165, 1.54) is 11.3 Å². The van der Waals surface area contributed by atoms with Gasteiger partial charge in [0.25, 0.3) is 10.0 Å². The molecule has 0 aliphatic heterocycles. The number of rotatable bonds is 5. The van der Waals surface area contributed by atoms with Gasteiger partial charge < -0.3 is 5.32 Å². The Labute approximate surface area is 130 Å². The number of nitrogens with one attached hydrogen (secondary N) is 2. The van der Waals surface area contributed by atoms with Gasteiger partial charge in [-0.3, -0.25) is 9.71 Å². The van der Waals surface area contributed by atoms with Crippen LogP contribution in [-0.4, -0.2) is 20.4 Å². The van der Waals surface area contributed by atoms with Gasteiger partial charge in [0.2, 0.25) is 0 Å². The lowest BCUT2D eigenvalue weighted by atomic mass is 10.3. The van der Waals surface area contributed by atoms with Crippen LogP contribution in [0.5, 0.6) is 0 Å². The molecule has 0 radical (unpaired) electrons. The summed E-state index contributed by atoms with van der Waals surface area (Å²) in [6, 6.07) is 4.98. The number of halogens is 1.